The van der Waals surface area contributed by atoms with E-state index < -0.39 is 5.97 Å². The smallest absolute Gasteiger partial charge is 0.343 e. The molecule has 0 aliphatic heterocycles. The van der Waals surface area contributed by atoms with Gasteiger partial charge in [0.25, 0.3) is 0 Å². The van der Waals surface area contributed by atoms with Crippen molar-refractivity contribution in [3.8, 4) is 17.1 Å². The Morgan fingerprint density at radius 2 is 1.93 bits per heavy atom. The van der Waals surface area contributed by atoms with E-state index in [4.69, 9.17) is 9.26 Å². The summed E-state index contributed by atoms with van der Waals surface area (Å²) in [7, 11) is 1.55. The number of benzene rings is 1. The van der Waals surface area contributed by atoms with Gasteiger partial charge in [-0.2, -0.15) is 0 Å². The van der Waals surface area contributed by atoms with Crippen LogP contribution in [0.1, 0.15) is 48.9 Å². The number of ether oxygens (including phenoxy) is 1. The number of nitrogens with one attached hydrogen (secondary N) is 2. The molecule has 1 heterocycles. The monoisotopic (exact) mass is 387 g/mol. The fourth-order valence-electron chi connectivity index (χ4n) is 3.39. The quantitative estimate of drug-likeness (QED) is 0.637. The minimum absolute atomic E-state index is 0.0462. The van der Waals surface area contributed by atoms with Crippen LogP contribution in [0.15, 0.2) is 28.8 Å². The van der Waals surface area contributed by atoms with Crippen molar-refractivity contribution < 1.29 is 24.0 Å². The lowest BCUT2D eigenvalue weighted by Gasteiger charge is -2.22. The number of carbonyl (C=O) groups is 2. The van der Waals surface area contributed by atoms with Crippen LogP contribution in [0, 0.1) is 0 Å². The number of nitrogens with zero attached hydrogens (tertiary/aromatic N) is 1. The van der Waals surface area contributed by atoms with Gasteiger partial charge in [-0.3, -0.25) is 4.79 Å². The third-order valence-corrected chi connectivity index (χ3v) is 4.87. The van der Waals surface area contributed by atoms with E-state index in [0.717, 1.165) is 25.7 Å². The van der Waals surface area contributed by atoms with Crippen LogP contribution in [0.25, 0.3) is 11.3 Å². The maximum atomic E-state index is 12.1. The number of amides is 1. The lowest BCUT2D eigenvalue weighted by atomic mass is 9.95. The molecule has 2 aromatic rings. The van der Waals surface area contributed by atoms with Crippen molar-refractivity contribution in [3.05, 3.63) is 29.8 Å². The molecule has 0 spiro atoms. The average Bonchev–Trinajstić information content (AvgIpc) is 3.13. The predicted octanol–water partition coefficient (Wildman–Crippen LogP) is 3.30. The number of carboxylic acids is 1. The summed E-state index contributed by atoms with van der Waals surface area (Å²) < 4.78 is 10.4. The standard InChI is InChI=1S/C20H25N3O5/c1-27-15-9-7-13(8-10-15)18-17(20(25)26)19(23-28-18)21-12-11-16(24)22-14-5-3-2-4-6-14/h7-10,14H,2-6,11-12H2,1H3,(H,21,23)(H,22,24)(H,25,26). The number of aromatic carboxylic acids is 1. The maximum absolute atomic E-state index is 12.1. The Bertz CT molecular complexity index is 810. The fraction of sp³-hybridized carbons (Fsp3) is 0.450. The normalized spacial score (nSPS) is 14.5. The van der Waals surface area contributed by atoms with Gasteiger partial charge in [-0.1, -0.05) is 24.4 Å². The average molecular weight is 387 g/mol. The third kappa shape index (κ3) is 4.82. The second-order valence-electron chi connectivity index (χ2n) is 6.85. The minimum atomic E-state index is -1.15. The third-order valence-electron chi connectivity index (χ3n) is 4.87. The SMILES string of the molecule is COc1ccc(-c2onc(NCCC(=O)NC3CCCCC3)c2C(=O)O)cc1. The minimum Gasteiger partial charge on any atom is -0.497 e. The van der Waals surface area contributed by atoms with Gasteiger partial charge < -0.3 is 25.0 Å². The zero-order valence-corrected chi connectivity index (χ0v) is 15.9. The molecular weight excluding hydrogens is 362 g/mol. The van der Waals surface area contributed by atoms with Gasteiger partial charge in [0.05, 0.1) is 7.11 Å². The zero-order chi connectivity index (χ0) is 19.9. The number of rotatable bonds is 8. The fourth-order valence-corrected chi connectivity index (χ4v) is 3.39. The van der Waals surface area contributed by atoms with Crippen LogP contribution in [0.4, 0.5) is 5.82 Å². The van der Waals surface area contributed by atoms with Crippen molar-refractivity contribution in [2.75, 3.05) is 19.0 Å². The molecule has 8 nitrogen and oxygen atoms in total. The highest BCUT2D eigenvalue weighted by Gasteiger charge is 2.24. The molecular formula is C20H25N3O5. The summed E-state index contributed by atoms with van der Waals surface area (Å²) in [5.74, 6) is -0.271. The van der Waals surface area contributed by atoms with Crippen LogP contribution in [0.3, 0.4) is 0 Å². The van der Waals surface area contributed by atoms with Gasteiger partial charge in [-0.05, 0) is 37.1 Å². The molecule has 150 valence electrons. The molecule has 1 aliphatic carbocycles. The summed E-state index contributed by atoms with van der Waals surface area (Å²) in [5.41, 5.74) is 0.520. The molecule has 28 heavy (non-hydrogen) atoms. The van der Waals surface area contributed by atoms with Crippen molar-refractivity contribution in [2.45, 2.75) is 44.6 Å². The van der Waals surface area contributed by atoms with Gasteiger partial charge in [0.15, 0.2) is 17.1 Å². The van der Waals surface area contributed by atoms with Gasteiger partial charge in [-0.25, -0.2) is 4.79 Å². The summed E-state index contributed by atoms with van der Waals surface area (Å²) in [6.07, 6.45) is 5.82. The first-order valence-corrected chi connectivity index (χ1v) is 9.49. The van der Waals surface area contributed by atoms with Crippen LogP contribution >= 0.6 is 0 Å². The first kappa shape index (κ1) is 19.7. The molecule has 0 saturated heterocycles. The molecule has 1 aromatic carbocycles. The summed E-state index contributed by atoms with van der Waals surface area (Å²) in [4.78, 5) is 23.8. The largest absolute Gasteiger partial charge is 0.497 e. The van der Waals surface area contributed by atoms with E-state index in [2.05, 4.69) is 15.8 Å². The highest BCUT2D eigenvalue weighted by molar-refractivity contribution is 5.99. The molecule has 3 rings (SSSR count). The maximum Gasteiger partial charge on any atom is 0.343 e. The molecule has 0 bridgehead atoms. The van der Waals surface area contributed by atoms with Crippen LogP contribution in [0.5, 0.6) is 5.75 Å². The lowest BCUT2D eigenvalue weighted by molar-refractivity contribution is -0.121. The van der Waals surface area contributed by atoms with E-state index in [-0.39, 0.29) is 42.1 Å². The van der Waals surface area contributed by atoms with Crippen LogP contribution in [-0.4, -0.2) is 41.8 Å². The van der Waals surface area contributed by atoms with Crippen LogP contribution < -0.4 is 15.4 Å². The highest BCUT2D eigenvalue weighted by Crippen LogP contribution is 2.30. The second-order valence-corrected chi connectivity index (χ2v) is 6.85. The predicted molar refractivity (Wildman–Crippen MR) is 104 cm³/mol. The van der Waals surface area contributed by atoms with E-state index in [9.17, 15) is 14.7 Å². The topological polar surface area (TPSA) is 114 Å². The molecule has 0 atom stereocenters. The molecule has 0 radical (unpaired) electrons. The van der Waals surface area contributed by atoms with Gasteiger partial charge in [0, 0.05) is 24.6 Å². The number of hydrogen-bond donors (Lipinski definition) is 3. The van der Waals surface area contributed by atoms with Crippen molar-refractivity contribution in [1.82, 2.24) is 10.5 Å². The number of anilines is 1. The second kappa shape index (κ2) is 9.25. The van der Waals surface area contributed by atoms with E-state index in [1.807, 2.05) is 0 Å². The van der Waals surface area contributed by atoms with E-state index in [1.54, 1.807) is 31.4 Å². The summed E-state index contributed by atoms with van der Waals surface area (Å²) in [6, 6.07) is 7.09. The Kier molecular flexibility index (Phi) is 6.52. The molecule has 8 heteroatoms. The van der Waals surface area contributed by atoms with Gasteiger partial charge in [0.1, 0.15) is 5.75 Å². The van der Waals surface area contributed by atoms with E-state index in [0.29, 0.717) is 11.3 Å². The molecule has 1 aliphatic rings. The zero-order valence-electron chi connectivity index (χ0n) is 15.9. The van der Waals surface area contributed by atoms with Crippen molar-refractivity contribution in [1.29, 1.82) is 0 Å². The lowest BCUT2D eigenvalue weighted by Crippen LogP contribution is -2.36. The van der Waals surface area contributed by atoms with Gasteiger partial charge in [0.2, 0.25) is 5.91 Å². The number of carboxylic acid groups (broad SMARTS) is 1. The summed E-state index contributed by atoms with van der Waals surface area (Å²) >= 11 is 0. The number of methoxy groups -OCH3 is 1. The molecule has 3 N–H and O–H groups in total. The van der Waals surface area contributed by atoms with Crippen molar-refractivity contribution in [2.24, 2.45) is 0 Å². The summed E-state index contributed by atoms with van der Waals surface area (Å²) in [5, 5.41) is 19.4. The van der Waals surface area contributed by atoms with E-state index >= 15 is 0 Å². The molecule has 0 unspecified atom stereocenters. The Hall–Kier alpha value is -3.03. The Morgan fingerprint density at radius 3 is 2.57 bits per heavy atom. The molecule has 1 amide bonds. The van der Waals surface area contributed by atoms with Gasteiger partial charge in [-0.15, -0.1) is 0 Å². The highest BCUT2D eigenvalue weighted by atomic mass is 16.5. The van der Waals surface area contributed by atoms with Crippen molar-refractivity contribution in [3.63, 3.8) is 0 Å². The molecule has 1 aromatic heterocycles. The van der Waals surface area contributed by atoms with Gasteiger partial charge >= 0.3 is 5.97 Å². The van der Waals surface area contributed by atoms with Crippen LogP contribution in [0.2, 0.25) is 0 Å². The number of aromatic nitrogens is 1. The Labute approximate surface area is 163 Å². The first-order valence-electron chi connectivity index (χ1n) is 9.49. The molecule has 1 saturated carbocycles. The van der Waals surface area contributed by atoms with E-state index in [1.165, 1.54) is 6.42 Å². The van der Waals surface area contributed by atoms with Crippen molar-refractivity contribution >= 4 is 17.7 Å². The number of carbonyl (C=O) groups excluding carboxylic acids is 1. The van der Waals surface area contributed by atoms with Crippen LogP contribution in [-0.2, 0) is 4.79 Å². The Morgan fingerprint density at radius 1 is 1.21 bits per heavy atom. The number of hydrogen-bond acceptors (Lipinski definition) is 6. The Balaban J connectivity index is 1.61. The first-order chi connectivity index (χ1) is 13.6. The molecule has 1 fully saturated rings. The summed E-state index contributed by atoms with van der Waals surface area (Å²) in [6.45, 7) is 0.271.